The molecule has 0 aliphatic carbocycles. The van der Waals surface area contributed by atoms with Crippen molar-refractivity contribution in [2.75, 3.05) is 30.7 Å². The molecule has 1 saturated heterocycles. The number of nitriles is 1. The van der Waals surface area contributed by atoms with Crippen LogP contribution in [0.5, 0.6) is 0 Å². The van der Waals surface area contributed by atoms with Gasteiger partial charge in [0.15, 0.2) is 0 Å². The number of piperidine rings is 1. The lowest BCUT2D eigenvalue weighted by molar-refractivity contribution is -0.150. The number of carbonyl (C=O) groups is 2. The zero-order valence-electron chi connectivity index (χ0n) is 14.2. The standard InChI is InChI=1S/C18H22N4O3/c1-2-25-18(24)13-7-9-22(10-8-13)17(23)14(11-19)12-21-16-5-3-15(20)4-6-16/h3-6,12-13,21H,2,7-10,20H2,1H3/b14-12-. The largest absolute Gasteiger partial charge is 0.466 e. The molecular formula is C18H22N4O3. The first-order valence-electron chi connectivity index (χ1n) is 8.23. The number of anilines is 2. The number of carbonyl (C=O) groups excluding carboxylic acids is 2. The highest BCUT2D eigenvalue weighted by molar-refractivity contribution is 5.97. The van der Waals surface area contributed by atoms with Gasteiger partial charge in [0.25, 0.3) is 5.91 Å². The molecule has 1 aromatic rings. The van der Waals surface area contributed by atoms with Crippen LogP contribution in [0.2, 0.25) is 0 Å². The number of hydrogen-bond acceptors (Lipinski definition) is 6. The van der Waals surface area contributed by atoms with Gasteiger partial charge in [0.05, 0.1) is 12.5 Å². The van der Waals surface area contributed by atoms with Crippen LogP contribution < -0.4 is 11.1 Å². The molecule has 0 bridgehead atoms. The van der Waals surface area contributed by atoms with Crippen molar-refractivity contribution in [1.82, 2.24) is 4.90 Å². The number of nitrogens with two attached hydrogens (primary N) is 1. The molecule has 1 aromatic carbocycles. The molecule has 3 N–H and O–H groups in total. The zero-order chi connectivity index (χ0) is 18.2. The molecular weight excluding hydrogens is 320 g/mol. The Hall–Kier alpha value is -3.01. The topological polar surface area (TPSA) is 108 Å². The molecule has 1 fully saturated rings. The van der Waals surface area contributed by atoms with E-state index in [4.69, 9.17) is 10.5 Å². The zero-order valence-corrected chi connectivity index (χ0v) is 14.2. The van der Waals surface area contributed by atoms with E-state index in [0.29, 0.717) is 38.2 Å². The van der Waals surface area contributed by atoms with Crippen LogP contribution in [0.4, 0.5) is 11.4 Å². The van der Waals surface area contributed by atoms with Crippen LogP contribution >= 0.6 is 0 Å². The van der Waals surface area contributed by atoms with Gasteiger partial charge in [-0.25, -0.2) is 0 Å². The third-order valence-corrected chi connectivity index (χ3v) is 4.05. The number of amides is 1. The molecule has 0 radical (unpaired) electrons. The molecule has 132 valence electrons. The van der Waals surface area contributed by atoms with Gasteiger partial charge in [0.2, 0.25) is 0 Å². The average Bonchev–Trinajstić information content (AvgIpc) is 2.64. The van der Waals surface area contributed by atoms with E-state index in [1.165, 1.54) is 6.20 Å². The number of rotatable bonds is 5. The Labute approximate surface area is 147 Å². The molecule has 1 amide bonds. The lowest BCUT2D eigenvalue weighted by Crippen LogP contribution is -2.41. The highest BCUT2D eigenvalue weighted by Gasteiger charge is 2.29. The summed E-state index contributed by atoms with van der Waals surface area (Å²) >= 11 is 0. The summed E-state index contributed by atoms with van der Waals surface area (Å²) in [6.07, 6.45) is 2.49. The molecule has 0 atom stereocenters. The van der Waals surface area contributed by atoms with Crippen LogP contribution in [0.15, 0.2) is 36.0 Å². The van der Waals surface area contributed by atoms with Gasteiger partial charge >= 0.3 is 5.97 Å². The van der Waals surface area contributed by atoms with Gasteiger partial charge in [-0.3, -0.25) is 9.59 Å². The summed E-state index contributed by atoms with van der Waals surface area (Å²) in [7, 11) is 0. The highest BCUT2D eigenvalue weighted by atomic mass is 16.5. The number of likely N-dealkylation sites (tertiary alicyclic amines) is 1. The minimum absolute atomic E-state index is 0.0198. The number of esters is 1. The van der Waals surface area contributed by atoms with Crippen molar-refractivity contribution in [3.8, 4) is 6.07 Å². The van der Waals surface area contributed by atoms with E-state index in [9.17, 15) is 14.9 Å². The fourth-order valence-electron chi connectivity index (χ4n) is 2.63. The van der Waals surface area contributed by atoms with Gasteiger partial charge in [-0.2, -0.15) is 5.26 Å². The Morgan fingerprint density at radius 2 is 2.00 bits per heavy atom. The van der Waals surface area contributed by atoms with E-state index in [0.717, 1.165) is 5.69 Å². The van der Waals surface area contributed by atoms with Gasteiger partial charge in [-0.05, 0) is 44.0 Å². The molecule has 0 unspecified atom stereocenters. The Morgan fingerprint density at radius 3 is 2.56 bits per heavy atom. The Kier molecular flexibility index (Phi) is 6.40. The summed E-state index contributed by atoms with van der Waals surface area (Å²) in [6, 6.07) is 8.90. The van der Waals surface area contributed by atoms with Gasteiger partial charge in [-0.1, -0.05) is 0 Å². The van der Waals surface area contributed by atoms with Gasteiger partial charge in [-0.15, -0.1) is 0 Å². The van der Waals surface area contributed by atoms with E-state index in [2.05, 4.69) is 5.32 Å². The maximum Gasteiger partial charge on any atom is 0.309 e. The number of nitrogen functional groups attached to an aromatic ring is 1. The summed E-state index contributed by atoms with van der Waals surface area (Å²) in [6.45, 7) is 3.00. The summed E-state index contributed by atoms with van der Waals surface area (Å²) in [5.74, 6) is -0.727. The van der Waals surface area contributed by atoms with Crippen molar-refractivity contribution in [2.24, 2.45) is 5.92 Å². The Morgan fingerprint density at radius 1 is 1.36 bits per heavy atom. The van der Waals surface area contributed by atoms with Crippen molar-refractivity contribution in [2.45, 2.75) is 19.8 Å². The maximum atomic E-state index is 12.5. The molecule has 2 rings (SSSR count). The summed E-state index contributed by atoms with van der Waals surface area (Å²) in [4.78, 5) is 25.8. The number of nitrogens with one attached hydrogen (secondary N) is 1. The molecule has 25 heavy (non-hydrogen) atoms. The lowest BCUT2D eigenvalue weighted by Gasteiger charge is -2.30. The molecule has 1 aliphatic rings. The fourth-order valence-corrected chi connectivity index (χ4v) is 2.63. The van der Waals surface area contributed by atoms with Crippen LogP contribution in [0.25, 0.3) is 0 Å². The van der Waals surface area contributed by atoms with E-state index in [1.807, 2.05) is 6.07 Å². The van der Waals surface area contributed by atoms with Crippen LogP contribution in [0, 0.1) is 17.2 Å². The number of nitrogens with zero attached hydrogens (tertiary/aromatic N) is 2. The minimum atomic E-state index is -0.340. The highest BCUT2D eigenvalue weighted by Crippen LogP contribution is 2.20. The molecule has 1 heterocycles. The van der Waals surface area contributed by atoms with E-state index in [1.54, 1.807) is 36.1 Å². The van der Waals surface area contributed by atoms with Crippen LogP contribution in [-0.4, -0.2) is 36.5 Å². The summed E-state index contributed by atoms with van der Waals surface area (Å²) in [5, 5.41) is 12.2. The predicted molar refractivity (Wildman–Crippen MR) is 94.1 cm³/mol. The minimum Gasteiger partial charge on any atom is -0.466 e. The third kappa shape index (κ3) is 4.98. The average molecular weight is 342 g/mol. The number of ether oxygens (including phenoxy) is 1. The molecule has 7 nitrogen and oxygen atoms in total. The number of hydrogen-bond donors (Lipinski definition) is 2. The quantitative estimate of drug-likeness (QED) is 0.366. The maximum absolute atomic E-state index is 12.5. The first kappa shape index (κ1) is 18.3. The summed E-state index contributed by atoms with van der Waals surface area (Å²) in [5.41, 5.74) is 7.00. The first-order valence-corrected chi connectivity index (χ1v) is 8.23. The van der Waals surface area contributed by atoms with E-state index in [-0.39, 0.29) is 23.4 Å². The number of benzene rings is 1. The van der Waals surface area contributed by atoms with Gasteiger partial charge < -0.3 is 20.7 Å². The van der Waals surface area contributed by atoms with Gasteiger partial charge in [0.1, 0.15) is 11.6 Å². The third-order valence-electron chi connectivity index (χ3n) is 4.05. The van der Waals surface area contributed by atoms with Crippen molar-refractivity contribution in [3.05, 3.63) is 36.0 Å². The molecule has 0 saturated carbocycles. The van der Waals surface area contributed by atoms with Crippen molar-refractivity contribution >= 4 is 23.3 Å². The van der Waals surface area contributed by atoms with Crippen LogP contribution in [0.3, 0.4) is 0 Å². The van der Waals surface area contributed by atoms with E-state index >= 15 is 0 Å². The smallest absolute Gasteiger partial charge is 0.309 e. The van der Waals surface area contributed by atoms with Crippen LogP contribution in [0.1, 0.15) is 19.8 Å². The first-order chi connectivity index (χ1) is 12.0. The molecule has 0 aromatic heterocycles. The Bertz CT molecular complexity index is 683. The second-order valence-electron chi connectivity index (χ2n) is 5.75. The van der Waals surface area contributed by atoms with Crippen molar-refractivity contribution < 1.29 is 14.3 Å². The van der Waals surface area contributed by atoms with E-state index < -0.39 is 0 Å². The van der Waals surface area contributed by atoms with Crippen molar-refractivity contribution in [3.63, 3.8) is 0 Å². The van der Waals surface area contributed by atoms with Crippen LogP contribution in [-0.2, 0) is 14.3 Å². The van der Waals surface area contributed by atoms with Crippen molar-refractivity contribution in [1.29, 1.82) is 5.26 Å². The fraction of sp³-hybridized carbons (Fsp3) is 0.389. The molecule has 0 spiro atoms. The predicted octanol–water partition coefficient (Wildman–Crippen LogP) is 1.89. The SMILES string of the molecule is CCOC(=O)C1CCN(C(=O)/C(C#N)=C\Nc2ccc(N)cc2)CC1. The summed E-state index contributed by atoms with van der Waals surface area (Å²) < 4.78 is 5.02. The second-order valence-corrected chi connectivity index (χ2v) is 5.75. The lowest BCUT2D eigenvalue weighted by atomic mass is 9.96. The molecule has 1 aliphatic heterocycles. The van der Waals surface area contributed by atoms with Gasteiger partial charge in [0, 0.05) is 30.7 Å². The monoisotopic (exact) mass is 342 g/mol. The second kappa shape index (κ2) is 8.73. The molecule has 7 heteroatoms. The Balaban J connectivity index is 1.94. The normalized spacial score (nSPS) is 15.4.